The number of aryl methyl sites for hydroxylation is 1. The van der Waals surface area contributed by atoms with Crippen molar-refractivity contribution >= 4 is 35.3 Å². The van der Waals surface area contributed by atoms with Crippen LogP contribution in [-0.4, -0.2) is 23.9 Å². The Morgan fingerprint density at radius 3 is 2.47 bits per heavy atom. The van der Waals surface area contributed by atoms with Gasteiger partial charge in [-0.1, -0.05) is 19.1 Å². The zero-order chi connectivity index (χ0) is 24.7. The Bertz CT molecular complexity index is 1170. The van der Waals surface area contributed by atoms with E-state index in [0.717, 1.165) is 28.2 Å². The molecule has 0 fully saturated rings. The molecule has 0 atom stereocenters. The van der Waals surface area contributed by atoms with Crippen LogP contribution in [0, 0.1) is 5.41 Å². The number of hydrogen-bond donors (Lipinski definition) is 3. The number of carboxylic acids is 1. The average molecular weight is 489 g/mol. The highest BCUT2D eigenvalue weighted by Gasteiger charge is 2.29. The summed E-state index contributed by atoms with van der Waals surface area (Å²) in [4.78, 5) is 11.7. The molecule has 0 bridgehead atoms. The van der Waals surface area contributed by atoms with E-state index in [1.165, 1.54) is 18.3 Å². The number of hydrogen-bond acceptors (Lipinski definition) is 5. The highest BCUT2D eigenvalue weighted by Crippen LogP contribution is 2.33. The van der Waals surface area contributed by atoms with Crippen molar-refractivity contribution in [2.75, 3.05) is 11.9 Å². The van der Waals surface area contributed by atoms with Crippen molar-refractivity contribution in [3.05, 3.63) is 82.9 Å². The van der Waals surface area contributed by atoms with Crippen LogP contribution in [0.15, 0.2) is 65.6 Å². The molecule has 0 aliphatic carbocycles. The summed E-state index contributed by atoms with van der Waals surface area (Å²) >= 11 is 1.56. The van der Waals surface area contributed by atoms with Gasteiger partial charge in [0.2, 0.25) is 0 Å². The van der Waals surface area contributed by atoms with E-state index < -0.39 is 24.3 Å². The van der Waals surface area contributed by atoms with Gasteiger partial charge in [-0.2, -0.15) is 13.2 Å². The number of nitrogens with one attached hydrogen (secondary N) is 2. The van der Waals surface area contributed by atoms with E-state index in [1.54, 1.807) is 23.9 Å². The van der Waals surface area contributed by atoms with E-state index in [-0.39, 0.29) is 0 Å². The van der Waals surface area contributed by atoms with Crippen LogP contribution in [0.3, 0.4) is 0 Å². The first-order valence-corrected chi connectivity index (χ1v) is 11.4. The molecule has 0 saturated heterocycles. The largest absolute Gasteiger partial charge is 0.482 e. The molecule has 5 nitrogen and oxygen atoms in total. The Hall–Kier alpha value is -3.46. The van der Waals surface area contributed by atoms with Crippen molar-refractivity contribution in [3.8, 4) is 5.75 Å². The molecule has 3 aromatic carbocycles. The van der Waals surface area contributed by atoms with Crippen LogP contribution in [-0.2, 0) is 23.1 Å². The molecule has 3 aromatic rings. The number of ether oxygens (including phenoxy) is 1. The highest BCUT2D eigenvalue weighted by atomic mass is 32.2. The fourth-order valence-corrected chi connectivity index (χ4v) is 4.24. The van der Waals surface area contributed by atoms with Gasteiger partial charge in [0.05, 0.1) is 5.56 Å². The quantitative estimate of drug-likeness (QED) is 0.217. The fourth-order valence-electron chi connectivity index (χ4n) is 3.28. The molecule has 3 N–H and O–H groups in total. The molecule has 9 heteroatoms. The fraction of sp³-hybridized carbons (Fsp3) is 0.200. The number of carboxylic acid groups (broad SMARTS) is 1. The van der Waals surface area contributed by atoms with Crippen molar-refractivity contribution in [2.24, 2.45) is 0 Å². The van der Waals surface area contributed by atoms with Crippen LogP contribution in [0.25, 0.3) is 0 Å². The van der Waals surface area contributed by atoms with Gasteiger partial charge in [-0.25, -0.2) is 4.79 Å². The van der Waals surface area contributed by atoms with E-state index in [2.05, 4.69) is 5.32 Å². The van der Waals surface area contributed by atoms with Crippen LogP contribution in [0.4, 0.5) is 24.5 Å². The first-order valence-electron chi connectivity index (χ1n) is 10.4. The lowest BCUT2D eigenvalue weighted by Crippen LogP contribution is -2.10. The lowest BCUT2D eigenvalue weighted by Gasteiger charge is -2.15. The first-order chi connectivity index (χ1) is 16.2. The number of halogens is 3. The standard InChI is InChI=1S/C25H23F3N2O3S/c1-2-16-12-20(10-11-23(16)33-14-24(31)32)34-15-17-4-3-5-22(21(17)13-29)30-19-8-6-18(7-9-19)25(26,27)28/h3-13,29-30H,2,14-15H2,1H3,(H,31,32). The minimum absolute atomic E-state index is 0.402. The van der Waals surface area contributed by atoms with Gasteiger partial charge in [0.1, 0.15) is 5.75 Å². The molecule has 0 saturated carbocycles. The predicted octanol–water partition coefficient (Wildman–Crippen LogP) is 6.76. The lowest BCUT2D eigenvalue weighted by molar-refractivity contribution is -0.139. The maximum Gasteiger partial charge on any atom is 0.416 e. The predicted molar refractivity (Wildman–Crippen MR) is 128 cm³/mol. The molecule has 0 amide bonds. The Balaban J connectivity index is 1.74. The van der Waals surface area contributed by atoms with E-state index >= 15 is 0 Å². The second-order valence-electron chi connectivity index (χ2n) is 7.32. The summed E-state index contributed by atoms with van der Waals surface area (Å²) < 4.78 is 43.7. The zero-order valence-electron chi connectivity index (χ0n) is 18.3. The van der Waals surface area contributed by atoms with Gasteiger partial charge in [-0.3, -0.25) is 0 Å². The van der Waals surface area contributed by atoms with Gasteiger partial charge in [-0.15, -0.1) is 11.8 Å². The molecule has 0 aliphatic heterocycles. The van der Waals surface area contributed by atoms with Crippen molar-refractivity contribution in [1.29, 1.82) is 5.41 Å². The SMILES string of the molecule is CCc1cc(SCc2cccc(Nc3ccc(C(F)(F)F)cc3)c2C=N)ccc1OCC(=O)O. The second kappa shape index (κ2) is 11.1. The number of aliphatic carboxylic acids is 1. The Labute approximate surface area is 199 Å². The summed E-state index contributed by atoms with van der Waals surface area (Å²) in [6, 6.07) is 15.8. The van der Waals surface area contributed by atoms with E-state index in [4.69, 9.17) is 15.3 Å². The van der Waals surface area contributed by atoms with Crippen molar-refractivity contribution in [1.82, 2.24) is 0 Å². The minimum Gasteiger partial charge on any atom is -0.482 e. The van der Waals surface area contributed by atoms with Crippen molar-refractivity contribution in [3.63, 3.8) is 0 Å². The van der Waals surface area contributed by atoms with Crippen LogP contribution in [0.5, 0.6) is 5.75 Å². The van der Waals surface area contributed by atoms with Crippen molar-refractivity contribution < 1.29 is 27.8 Å². The van der Waals surface area contributed by atoms with Gasteiger partial charge in [-0.05, 0) is 66.1 Å². The number of benzene rings is 3. The summed E-state index contributed by atoms with van der Waals surface area (Å²) in [7, 11) is 0. The third-order valence-electron chi connectivity index (χ3n) is 4.99. The molecule has 0 aliphatic rings. The Morgan fingerprint density at radius 2 is 1.85 bits per heavy atom. The van der Waals surface area contributed by atoms with Gasteiger partial charge < -0.3 is 20.6 Å². The molecule has 178 valence electrons. The van der Waals surface area contributed by atoms with Crippen LogP contribution >= 0.6 is 11.8 Å². The monoisotopic (exact) mass is 488 g/mol. The van der Waals surface area contributed by atoms with Gasteiger partial charge in [0, 0.05) is 33.8 Å². The Morgan fingerprint density at radius 1 is 1.12 bits per heavy atom. The highest BCUT2D eigenvalue weighted by molar-refractivity contribution is 7.98. The Kier molecular flexibility index (Phi) is 8.22. The number of thioether (sulfide) groups is 1. The topological polar surface area (TPSA) is 82.4 Å². The van der Waals surface area contributed by atoms with Crippen LogP contribution in [0.1, 0.15) is 29.2 Å². The molecule has 0 spiro atoms. The van der Waals surface area contributed by atoms with Crippen molar-refractivity contribution in [2.45, 2.75) is 30.2 Å². The van der Waals surface area contributed by atoms with E-state index in [9.17, 15) is 18.0 Å². The number of anilines is 2. The van der Waals surface area contributed by atoms with E-state index in [0.29, 0.717) is 34.9 Å². The summed E-state index contributed by atoms with van der Waals surface area (Å²) in [5, 5.41) is 19.8. The van der Waals surface area contributed by atoms with Gasteiger partial charge in [0.25, 0.3) is 0 Å². The third-order valence-corrected chi connectivity index (χ3v) is 6.03. The number of rotatable bonds is 10. The second-order valence-corrected chi connectivity index (χ2v) is 8.37. The van der Waals surface area contributed by atoms with Crippen LogP contribution < -0.4 is 10.1 Å². The van der Waals surface area contributed by atoms with Gasteiger partial charge >= 0.3 is 12.1 Å². The minimum atomic E-state index is -4.39. The zero-order valence-corrected chi connectivity index (χ0v) is 19.1. The lowest BCUT2D eigenvalue weighted by atomic mass is 10.1. The van der Waals surface area contributed by atoms with Gasteiger partial charge in [0.15, 0.2) is 6.61 Å². The summed E-state index contributed by atoms with van der Waals surface area (Å²) in [5.41, 5.74) is 2.83. The summed E-state index contributed by atoms with van der Waals surface area (Å²) in [6.45, 7) is 1.56. The number of carbonyl (C=O) groups is 1. The molecule has 3 rings (SSSR count). The molecule has 0 heterocycles. The summed E-state index contributed by atoms with van der Waals surface area (Å²) in [5.74, 6) is 0.0628. The molecule has 0 unspecified atom stereocenters. The molecule has 0 aromatic heterocycles. The molecule has 0 radical (unpaired) electrons. The number of alkyl halides is 3. The summed E-state index contributed by atoms with van der Waals surface area (Å²) in [6.07, 6.45) is -2.49. The molecular weight excluding hydrogens is 465 g/mol. The smallest absolute Gasteiger partial charge is 0.416 e. The van der Waals surface area contributed by atoms with Crippen LogP contribution in [0.2, 0.25) is 0 Å². The average Bonchev–Trinajstić information content (AvgIpc) is 2.81. The third kappa shape index (κ3) is 6.54. The maximum atomic E-state index is 12.8. The van der Waals surface area contributed by atoms with E-state index in [1.807, 2.05) is 31.2 Å². The first kappa shape index (κ1) is 25.2. The molecule has 34 heavy (non-hydrogen) atoms. The molecular formula is C25H23F3N2O3S. The normalized spacial score (nSPS) is 11.2. The maximum absolute atomic E-state index is 12.8.